The minimum Gasteiger partial charge on any atom is -0.291 e. The van der Waals surface area contributed by atoms with Crippen molar-refractivity contribution in [3.8, 4) is 6.19 Å². The van der Waals surface area contributed by atoms with Gasteiger partial charge in [0.05, 0.1) is 15.6 Å². The van der Waals surface area contributed by atoms with Crippen molar-refractivity contribution in [2.45, 2.75) is 0 Å². The molecular formula is C7H4ClN3O2. The number of rotatable bonds is 2. The van der Waals surface area contributed by atoms with Crippen molar-refractivity contribution in [2.24, 2.45) is 0 Å². The maximum Gasteiger partial charge on any atom is 0.271 e. The molecule has 66 valence electrons. The SMILES string of the molecule is N#CNc1cc([N+](=O)[O-])ccc1Cl. The predicted octanol–water partition coefficient (Wildman–Crippen LogP) is 2.14. The zero-order chi connectivity index (χ0) is 9.84. The van der Waals surface area contributed by atoms with Crippen LogP contribution in [0.5, 0.6) is 0 Å². The van der Waals surface area contributed by atoms with Gasteiger partial charge in [0.2, 0.25) is 0 Å². The Hall–Kier alpha value is -1.80. The van der Waals surface area contributed by atoms with E-state index in [-0.39, 0.29) is 16.4 Å². The van der Waals surface area contributed by atoms with Crippen molar-refractivity contribution in [2.75, 3.05) is 5.32 Å². The third kappa shape index (κ3) is 2.07. The summed E-state index contributed by atoms with van der Waals surface area (Å²) in [7, 11) is 0. The van der Waals surface area contributed by atoms with Crippen LogP contribution in [0.3, 0.4) is 0 Å². The maximum absolute atomic E-state index is 10.3. The molecule has 0 heterocycles. The normalized spacial score (nSPS) is 8.92. The monoisotopic (exact) mass is 197 g/mol. The van der Waals surface area contributed by atoms with E-state index >= 15 is 0 Å². The maximum atomic E-state index is 10.3. The van der Waals surface area contributed by atoms with E-state index in [0.717, 1.165) is 0 Å². The molecule has 1 aromatic carbocycles. The quantitative estimate of drug-likeness (QED) is 0.341. The van der Waals surface area contributed by atoms with Crippen LogP contribution in [0.15, 0.2) is 18.2 Å². The van der Waals surface area contributed by atoms with Crippen LogP contribution in [0.4, 0.5) is 11.4 Å². The van der Waals surface area contributed by atoms with Gasteiger partial charge in [-0.2, -0.15) is 5.26 Å². The lowest BCUT2D eigenvalue weighted by Gasteiger charge is -1.99. The molecule has 0 aliphatic carbocycles. The summed E-state index contributed by atoms with van der Waals surface area (Å²) >= 11 is 5.64. The van der Waals surface area contributed by atoms with Crippen LogP contribution in [-0.4, -0.2) is 4.92 Å². The second-order valence-electron chi connectivity index (χ2n) is 2.16. The van der Waals surface area contributed by atoms with Crippen LogP contribution in [-0.2, 0) is 0 Å². The van der Waals surface area contributed by atoms with Gasteiger partial charge in [0.15, 0.2) is 6.19 Å². The lowest BCUT2D eigenvalue weighted by Crippen LogP contribution is -1.92. The molecule has 0 saturated carbocycles. The molecule has 0 aromatic heterocycles. The van der Waals surface area contributed by atoms with Gasteiger partial charge in [-0.25, -0.2) is 0 Å². The van der Waals surface area contributed by atoms with E-state index in [2.05, 4.69) is 5.32 Å². The van der Waals surface area contributed by atoms with Gasteiger partial charge in [0, 0.05) is 12.1 Å². The Morgan fingerprint density at radius 2 is 2.31 bits per heavy atom. The Kier molecular flexibility index (Phi) is 2.67. The fourth-order valence-electron chi connectivity index (χ4n) is 0.783. The highest BCUT2D eigenvalue weighted by molar-refractivity contribution is 6.33. The molecule has 1 N–H and O–H groups in total. The van der Waals surface area contributed by atoms with Crippen molar-refractivity contribution in [1.29, 1.82) is 5.26 Å². The van der Waals surface area contributed by atoms with E-state index in [1.54, 1.807) is 6.19 Å². The minimum absolute atomic E-state index is 0.109. The highest BCUT2D eigenvalue weighted by Crippen LogP contribution is 2.26. The van der Waals surface area contributed by atoms with E-state index in [9.17, 15) is 10.1 Å². The molecule has 0 amide bonds. The van der Waals surface area contributed by atoms with Crippen LogP contribution in [0.1, 0.15) is 0 Å². The molecule has 0 bridgehead atoms. The summed E-state index contributed by atoms with van der Waals surface area (Å²) in [5, 5.41) is 21.1. The number of nitriles is 1. The molecule has 0 aliphatic heterocycles. The Morgan fingerprint density at radius 1 is 1.62 bits per heavy atom. The standard InChI is InChI=1S/C7H4ClN3O2/c8-6-2-1-5(11(12)13)3-7(6)10-4-9/h1-3,10H. The smallest absolute Gasteiger partial charge is 0.271 e. The summed E-state index contributed by atoms with van der Waals surface area (Å²) in [5.41, 5.74) is 0.125. The Bertz CT molecular complexity index is 386. The molecule has 6 heteroatoms. The summed E-state index contributed by atoms with van der Waals surface area (Å²) in [4.78, 5) is 9.76. The van der Waals surface area contributed by atoms with Crippen molar-refractivity contribution in [1.82, 2.24) is 0 Å². The molecule has 1 rings (SSSR count). The number of nitro groups is 1. The average Bonchev–Trinajstić information content (AvgIpc) is 2.08. The van der Waals surface area contributed by atoms with Crippen LogP contribution in [0, 0.1) is 21.6 Å². The molecule has 1 aromatic rings. The first-order chi connectivity index (χ1) is 6.15. The average molecular weight is 198 g/mol. The van der Waals surface area contributed by atoms with Crippen molar-refractivity contribution in [3.63, 3.8) is 0 Å². The van der Waals surface area contributed by atoms with Gasteiger partial charge in [0.25, 0.3) is 5.69 Å². The molecular weight excluding hydrogens is 194 g/mol. The summed E-state index contributed by atoms with van der Waals surface area (Å²) in [6.07, 6.45) is 1.63. The minimum atomic E-state index is -0.557. The molecule has 13 heavy (non-hydrogen) atoms. The van der Waals surface area contributed by atoms with Gasteiger partial charge in [-0.1, -0.05) is 11.6 Å². The van der Waals surface area contributed by atoms with Gasteiger partial charge >= 0.3 is 0 Å². The predicted molar refractivity (Wildman–Crippen MR) is 47.3 cm³/mol. The van der Waals surface area contributed by atoms with E-state index in [1.807, 2.05) is 0 Å². The van der Waals surface area contributed by atoms with Crippen LogP contribution in [0.25, 0.3) is 0 Å². The number of anilines is 1. The first-order valence-electron chi connectivity index (χ1n) is 3.24. The van der Waals surface area contributed by atoms with Crippen molar-refractivity contribution < 1.29 is 4.92 Å². The highest BCUT2D eigenvalue weighted by Gasteiger charge is 2.08. The van der Waals surface area contributed by atoms with Crippen LogP contribution in [0.2, 0.25) is 5.02 Å². The summed E-state index contributed by atoms with van der Waals surface area (Å²) in [5.74, 6) is 0. The molecule has 0 aliphatic rings. The zero-order valence-electron chi connectivity index (χ0n) is 6.32. The first kappa shape index (κ1) is 9.29. The van der Waals surface area contributed by atoms with Crippen molar-refractivity contribution >= 4 is 23.0 Å². The van der Waals surface area contributed by atoms with Crippen LogP contribution >= 0.6 is 11.6 Å². The lowest BCUT2D eigenvalue weighted by molar-refractivity contribution is -0.384. The number of nitro benzene ring substituents is 1. The molecule has 0 saturated heterocycles. The Morgan fingerprint density at radius 3 is 2.85 bits per heavy atom. The number of non-ortho nitro benzene ring substituents is 1. The van der Waals surface area contributed by atoms with E-state index in [0.29, 0.717) is 0 Å². The van der Waals surface area contributed by atoms with Gasteiger partial charge in [0.1, 0.15) is 0 Å². The summed E-state index contributed by atoms with van der Waals surface area (Å²) in [6.45, 7) is 0. The Labute approximate surface area is 78.7 Å². The number of hydrogen-bond donors (Lipinski definition) is 1. The Balaban J connectivity index is 3.12. The number of nitrogens with zero attached hydrogens (tertiary/aromatic N) is 2. The zero-order valence-corrected chi connectivity index (χ0v) is 7.08. The summed E-state index contributed by atoms with van der Waals surface area (Å²) in [6, 6.07) is 3.83. The largest absolute Gasteiger partial charge is 0.291 e. The summed E-state index contributed by atoms with van der Waals surface area (Å²) < 4.78 is 0. The fraction of sp³-hybridized carbons (Fsp3) is 0. The molecule has 5 nitrogen and oxygen atoms in total. The molecule has 0 spiro atoms. The van der Waals surface area contributed by atoms with Gasteiger partial charge in [-0.15, -0.1) is 0 Å². The third-order valence-electron chi connectivity index (χ3n) is 1.35. The number of hydrogen-bond acceptors (Lipinski definition) is 4. The second-order valence-corrected chi connectivity index (χ2v) is 2.57. The number of nitrogens with one attached hydrogen (secondary N) is 1. The third-order valence-corrected chi connectivity index (χ3v) is 1.68. The number of halogens is 1. The molecule has 0 radical (unpaired) electrons. The molecule has 0 fully saturated rings. The first-order valence-corrected chi connectivity index (χ1v) is 3.62. The molecule has 0 atom stereocenters. The highest BCUT2D eigenvalue weighted by atomic mass is 35.5. The van der Waals surface area contributed by atoms with Gasteiger partial charge < -0.3 is 0 Å². The topological polar surface area (TPSA) is 79.0 Å². The second kappa shape index (κ2) is 3.74. The molecule has 0 unspecified atom stereocenters. The van der Waals surface area contributed by atoms with Gasteiger partial charge in [-0.05, 0) is 6.07 Å². The van der Waals surface area contributed by atoms with E-state index < -0.39 is 4.92 Å². The van der Waals surface area contributed by atoms with Gasteiger partial charge in [-0.3, -0.25) is 15.4 Å². The number of benzene rings is 1. The van der Waals surface area contributed by atoms with E-state index in [4.69, 9.17) is 16.9 Å². The fourth-order valence-corrected chi connectivity index (χ4v) is 0.948. The van der Waals surface area contributed by atoms with Crippen molar-refractivity contribution in [3.05, 3.63) is 33.3 Å². The van der Waals surface area contributed by atoms with E-state index in [1.165, 1.54) is 18.2 Å². The lowest BCUT2D eigenvalue weighted by atomic mass is 10.3. The van der Waals surface area contributed by atoms with Crippen LogP contribution < -0.4 is 5.32 Å².